The second-order valence-electron chi connectivity index (χ2n) is 4.25. The van der Waals surface area contributed by atoms with Crippen molar-refractivity contribution in [2.75, 3.05) is 13.1 Å². The van der Waals surface area contributed by atoms with E-state index in [0.29, 0.717) is 12.3 Å². The van der Waals surface area contributed by atoms with Crippen LogP contribution in [0.2, 0.25) is 0 Å². The zero-order valence-corrected chi connectivity index (χ0v) is 8.74. The van der Waals surface area contributed by atoms with Gasteiger partial charge in [-0.25, -0.2) is 0 Å². The first kappa shape index (κ1) is 10.2. The topological polar surface area (TPSA) is 49.4 Å². The third-order valence-corrected chi connectivity index (χ3v) is 3.31. The van der Waals surface area contributed by atoms with Crippen molar-refractivity contribution in [2.24, 2.45) is 5.92 Å². The molecule has 2 fully saturated rings. The van der Waals surface area contributed by atoms with Gasteiger partial charge in [-0.2, -0.15) is 0 Å². The van der Waals surface area contributed by atoms with Crippen LogP contribution >= 0.6 is 0 Å². The van der Waals surface area contributed by atoms with Crippen LogP contribution in [-0.4, -0.2) is 35.8 Å². The van der Waals surface area contributed by atoms with Gasteiger partial charge in [-0.1, -0.05) is 6.58 Å². The smallest absolute Gasteiger partial charge is 0.245 e. The summed E-state index contributed by atoms with van der Waals surface area (Å²) >= 11 is 0. The standard InChI is InChI=1S/C11H16N2O2/c1-2-11(15)13-6-5-9-8(7-13)3-4-10(14)12-9/h2,8-9H,1,3-7H2,(H,12,14). The van der Waals surface area contributed by atoms with Crippen LogP contribution in [0.15, 0.2) is 12.7 Å². The van der Waals surface area contributed by atoms with Gasteiger partial charge in [0.05, 0.1) is 0 Å². The van der Waals surface area contributed by atoms with Gasteiger partial charge in [-0.05, 0) is 24.8 Å². The minimum absolute atomic E-state index is 0.00495. The molecule has 4 nitrogen and oxygen atoms in total. The molecule has 0 aliphatic carbocycles. The largest absolute Gasteiger partial charge is 0.353 e. The van der Waals surface area contributed by atoms with Gasteiger partial charge >= 0.3 is 0 Å². The molecule has 0 aromatic heterocycles. The second kappa shape index (κ2) is 4.04. The Morgan fingerprint density at radius 2 is 2.33 bits per heavy atom. The van der Waals surface area contributed by atoms with Crippen LogP contribution in [0.3, 0.4) is 0 Å². The molecule has 0 aromatic rings. The summed E-state index contributed by atoms with van der Waals surface area (Å²) in [7, 11) is 0. The van der Waals surface area contributed by atoms with Crippen LogP contribution in [0.5, 0.6) is 0 Å². The second-order valence-corrected chi connectivity index (χ2v) is 4.25. The van der Waals surface area contributed by atoms with Crippen molar-refractivity contribution in [1.29, 1.82) is 0 Å². The van der Waals surface area contributed by atoms with Crippen LogP contribution in [0, 0.1) is 5.92 Å². The van der Waals surface area contributed by atoms with E-state index in [0.717, 1.165) is 25.9 Å². The first-order valence-electron chi connectivity index (χ1n) is 5.41. The van der Waals surface area contributed by atoms with E-state index in [-0.39, 0.29) is 17.9 Å². The first-order chi connectivity index (χ1) is 7.20. The van der Waals surface area contributed by atoms with Crippen LogP contribution in [0.25, 0.3) is 0 Å². The Balaban J connectivity index is 1.97. The van der Waals surface area contributed by atoms with Crippen LogP contribution < -0.4 is 5.32 Å². The number of hydrogen-bond donors (Lipinski definition) is 1. The molecule has 1 N–H and O–H groups in total. The summed E-state index contributed by atoms with van der Waals surface area (Å²) in [6, 6.07) is 0.278. The van der Waals surface area contributed by atoms with E-state index < -0.39 is 0 Å². The average molecular weight is 208 g/mol. The third-order valence-electron chi connectivity index (χ3n) is 3.31. The van der Waals surface area contributed by atoms with Gasteiger partial charge < -0.3 is 10.2 Å². The molecule has 2 saturated heterocycles. The molecule has 82 valence electrons. The minimum atomic E-state index is 0.00495. The van der Waals surface area contributed by atoms with Crippen molar-refractivity contribution in [1.82, 2.24) is 10.2 Å². The van der Waals surface area contributed by atoms with E-state index in [1.54, 1.807) is 0 Å². The van der Waals surface area contributed by atoms with E-state index in [1.807, 2.05) is 4.90 Å². The predicted octanol–water partition coefficient (Wildman–Crippen LogP) is 0.299. The first-order valence-corrected chi connectivity index (χ1v) is 5.41. The molecule has 2 heterocycles. The molecule has 4 heteroatoms. The molecule has 2 amide bonds. The number of carbonyl (C=O) groups is 2. The summed E-state index contributed by atoms with van der Waals surface area (Å²) in [6.45, 7) is 4.98. The van der Waals surface area contributed by atoms with Gasteiger partial charge in [0.25, 0.3) is 0 Å². The quantitative estimate of drug-likeness (QED) is 0.630. The van der Waals surface area contributed by atoms with Gasteiger partial charge in [0.1, 0.15) is 0 Å². The fourth-order valence-corrected chi connectivity index (χ4v) is 2.44. The molecule has 2 rings (SSSR count). The van der Waals surface area contributed by atoms with Gasteiger partial charge in [-0.3, -0.25) is 9.59 Å². The fourth-order valence-electron chi connectivity index (χ4n) is 2.44. The van der Waals surface area contributed by atoms with E-state index in [9.17, 15) is 9.59 Å². The number of nitrogens with one attached hydrogen (secondary N) is 1. The fraction of sp³-hybridized carbons (Fsp3) is 0.636. The summed E-state index contributed by atoms with van der Waals surface area (Å²) in [5.41, 5.74) is 0. The van der Waals surface area contributed by atoms with E-state index in [4.69, 9.17) is 0 Å². The summed E-state index contributed by atoms with van der Waals surface area (Å²) in [6.07, 6.45) is 3.73. The molecular weight excluding hydrogens is 192 g/mol. The third kappa shape index (κ3) is 2.03. The molecule has 2 atom stereocenters. The van der Waals surface area contributed by atoms with Crippen molar-refractivity contribution in [3.05, 3.63) is 12.7 Å². The lowest BCUT2D eigenvalue weighted by atomic mass is 9.85. The maximum Gasteiger partial charge on any atom is 0.245 e. The van der Waals surface area contributed by atoms with Crippen LogP contribution in [0.1, 0.15) is 19.3 Å². The highest BCUT2D eigenvalue weighted by Gasteiger charge is 2.34. The Hall–Kier alpha value is -1.32. The molecule has 0 saturated carbocycles. The van der Waals surface area contributed by atoms with Gasteiger partial charge in [0, 0.05) is 25.6 Å². The van der Waals surface area contributed by atoms with Gasteiger partial charge in [-0.15, -0.1) is 0 Å². The summed E-state index contributed by atoms with van der Waals surface area (Å²) in [4.78, 5) is 24.4. The summed E-state index contributed by atoms with van der Waals surface area (Å²) in [5, 5.41) is 2.99. The van der Waals surface area contributed by atoms with Gasteiger partial charge in [0.2, 0.25) is 11.8 Å². The highest BCUT2D eigenvalue weighted by Crippen LogP contribution is 2.25. The molecule has 15 heavy (non-hydrogen) atoms. The lowest BCUT2D eigenvalue weighted by molar-refractivity contribution is -0.130. The Kier molecular flexibility index (Phi) is 2.75. The Morgan fingerprint density at radius 3 is 3.07 bits per heavy atom. The molecule has 0 aromatic carbocycles. The summed E-state index contributed by atoms with van der Waals surface area (Å²) in [5.74, 6) is 0.588. The van der Waals surface area contributed by atoms with Gasteiger partial charge in [0.15, 0.2) is 0 Å². The molecule has 2 unspecified atom stereocenters. The lowest BCUT2D eigenvalue weighted by Gasteiger charge is -2.41. The Morgan fingerprint density at radius 1 is 1.53 bits per heavy atom. The molecule has 0 bridgehead atoms. The number of amides is 2. The van der Waals surface area contributed by atoms with Crippen LogP contribution in [0.4, 0.5) is 0 Å². The molecule has 0 radical (unpaired) electrons. The summed E-state index contributed by atoms with van der Waals surface area (Å²) < 4.78 is 0. The van der Waals surface area contributed by atoms with Crippen molar-refractivity contribution in [2.45, 2.75) is 25.3 Å². The number of fused-ring (bicyclic) bond motifs is 1. The number of carbonyl (C=O) groups excluding carboxylic acids is 2. The van der Waals surface area contributed by atoms with Crippen molar-refractivity contribution < 1.29 is 9.59 Å². The Labute approximate surface area is 89.3 Å². The normalized spacial score (nSPS) is 30.4. The molecule has 0 spiro atoms. The lowest BCUT2D eigenvalue weighted by Crippen LogP contribution is -2.54. The van der Waals surface area contributed by atoms with E-state index >= 15 is 0 Å². The molecule has 2 aliphatic rings. The number of hydrogen-bond acceptors (Lipinski definition) is 2. The number of nitrogens with zero attached hydrogens (tertiary/aromatic N) is 1. The monoisotopic (exact) mass is 208 g/mol. The predicted molar refractivity (Wildman–Crippen MR) is 56.0 cm³/mol. The highest BCUT2D eigenvalue weighted by atomic mass is 16.2. The van der Waals surface area contributed by atoms with Crippen LogP contribution in [-0.2, 0) is 9.59 Å². The van der Waals surface area contributed by atoms with E-state index in [1.165, 1.54) is 6.08 Å². The maximum absolute atomic E-state index is 11.4. The molecular formula is C11H16N2O2. The highest BCUT2D eigenvalue weighted by molar-refractivity contribution is 5.87. The van der Waals surface area contributed by atoms with Crippen molar-refractivity contribution in [3.8, 4) is 0 Å². The number of likely N-dealkylation sites (tertiary alicyclic amines) is 1. The SMILES string of the molecule is C=CC(=O)N1CCC2NC(=O)CCC2C1. The molecule has 2 aliphatic heterocycles. The van der Waals surface area contributed by atoms with Crippen molar-refractivity contribution in [3.63, 3.8) is 0 Å². The zero-order valence-electron chi connectivity index (χ0n) is 8.74. The average Bonchev–Trinajstić information content (AvgIpc) is 2.27. The minimum Gasteiger partial charge on any atom is -0.353 e. The van der Waals surface area contributed by atoms with Crippen molar-refractivity contribution >= 4 is 11.8 Å². The Bertz CT molecular complexity index is 301. The number of rotatable bonds is 1. The van der Waals surface area contributed by atoms with E-state index in [2.05, 4.69) is 11.9 Å². The zero-order chi connectivity index (χ0) is 10.8. The number of piperidine rings is 2. The maximum atomic E-state index is 11.4.